The number of phenolic OH excluding ortho intramolecular Hbond substituents is 1. The molecule has 1 heterocycles. The molecule has 1 fully saturated rings. The van der Waals surface area contributed by atoms with Gasteiger partial charge in [0.15, 0.2) is 0 Å². The number of primary amides is 3. The number of hydrogen-bond donors (Lipinski definition) is 12. The first-order chi connectivity index (χ1) is 31.5. The molecule has 1 saturated heterocycles. The van der Waals surface area contributed by atoms with Crippen LogP contribution in [0.1, 0.15) is 84.1 Å². The van der Waals surface area contributed by atoms with Gasteiger partial charge in [-0.25, -0.2) is 0 Å². The smallest absolute Gasteiger partial charge is 0.245 e. The normalized spacial score (nSPS) is 21.0. The highest BCUT2D eigenvalue weighted by Gasteiger charge is 2.36. The molecule has 25 heteroatoms. The van der Waals surface area contributed by atoms with Crippen LogP contribution in [-0.2, 0) is 64.0 Å². The maximum Gasteiger partial charge on any atom is 0.245 e. The van der Waals surface area contributed by atoms with Crippen LogP contribution in [0.3, 0.4) is 0 Å². The van der Waals surface area contributed by atoms with Crippen molar-refractivity contribution in [1.29, 1.82) is 0 Å². The summed E-state index contributed by atoms with van der Waals surface area (Å²) in [7, 11) is 1.18. The molecule has 0 aliphatic carbocycles. The number of phenols is 1. The molecule has 12 amide bonds. The van der Waals surface area contributed by atoms with E-state index in [1.54, 1.807) is 13.8 Å². The van der Waals surface area contributed by atoms with Crippen LogP contribution in [0.5, 0.6) is 5.75 Å². The van der Waals surface area contributed by atoms with Gasteiger partial charge in [0, 0.05) is 26.3 Å². The number of aromatic hydroxyl groups is 1. The van der Waals surface area contributed by atoms with Gasteiger partial charge in [-0.05, 0) is 42.9 Å². The van der Waals surface area contributed by atoms with Crippen LogP contribution in [0.15, 0.2) is 24.3 Å². The minimum Gasteiger partial charge on any atom is -0.508 e. The number of likely N-dealkylation sites (N-methyl/N-ethyl adjacent to an activating group) is 1. The van der Waals surface area contributed by atoms with E-state index in [0.717, 1.165) is 4.90 Å². The summed E-state index contributed by atoms with van der Waals surface area (Å²) in [6, 6.07) is -3.22. The highest BCUT2D eigenvalue weighted by molar-refractivity contribution is 5.99. The second-order valence-electron chi connectivity index (χ2n) is 16.2. The number of amides is 12. The van der Waals surface area contributed by atoms with E-state index in [-0.39, 0.29) is 18.6 Å². The molecule has 7 atom stereocenters. The average Bonchev–Trinajstić information content (AvgIpc) is 3.26. The summed E-state index contributed by atoms with van der Waals surface area (Å²) in [6.45, 7) is 3.32. The average molecular weight is 945 g/mol. The SMILES string of the molecule is CCCC[C@H](NC(=O)CN(C)C(=O)[C@@H]1CCC(=O)NCC(=O)N[C@@H](Cc2ccc(O)cc2)C(=O)N[C@@H]([C@@H](C)CC)C(=O)N[C@@H](CCC(N)=O)C(=O)N[C@@H](CC(N)=O)C(=O)N1)C(=O)NCC(N)=O. The predicted molar refractivity (Wildman–Crippen MR) is 237 cm³/mol. The number of nitrogens with two attached hydrogens (primary N) is 3. The van der Waals surface area contributed by atoms with Crippen LogP contribution in [0.4, 0.5) is 0 Å². The van der Waals surface area contributed by atoms with E-state index in [4.69, 9.17) is 17.2 Å². The summed E-state index contributed by atoms with van der Waals surface area (Å²) >= 11 is 0. The predicted octanol–water partition coefficient (Wildman–Crippen LogP) is -4.81. The first-order valence-corrected chi connectivity index (χ1v) is 21.8. The molecule has 1 aromatic rings. The quantitative estimate of drug-likeness (QED) is 0.0621. The Labute approximate surface area is 386 Å². The highest BCUT2D eigenvalue weighted by atomic mass is 16.3. The maximum atomic E-state index is 14.0. The molecule has 1 aliphatic heterocycles. The van der Waals surface area contributed by atoms with E-state index in [2.05, 4.69) is 42.5 Å². The molecule has 25 nitrogen and oxygen atoms in total. The Morgan fingerprint density at radius 2 is 1.42 bits per heavy atom. The van der Waals surface area contributed by atoms with Gasteiger partial charge in [-0.15, -0.1) is 0 Å². The molecule has 0 bridgehead atoms. The van der Waals surface area contributed by atoms with E-state index in [1.807, 2.05) is 6.92 Å². The fraction of sp³-hybridized carbons (Fsp3) is 0.571. The number of carbonyl (C=O) groups excluding carboxylic acids is 12. The van der Waals surface area contributed by atoms with E-state index in [1.165, 1.54) is 31.3 Å². The number of hydrogen-bond acceptors (Lipinski definition) is 13. The Hall–Kier alpha value is -7.34. The van der Waals surface area contributed by atoms with Gasteiger partial charge in [-0.2, -0.15) is 0 Å². The number of carbonyl (C=O) groups is 12. The topological polar surface area (TPSA) is 403 Å². The standard InChI is InChI=1S/C42H64N12O13/c1-5-7-8-25(37(62)47-19-32(45)58)48-35(61)21-54(4)42(67)27-14-16-33(59)46-20-34(60)49-28(17-23-9-11-24(55)12-10-23)40(65)53-36(22(3)6-2)41(66)50-26(13-15-30(43)56)38(63)52-29(18-31(44)57)39(64)51-27/h9-12,22,25-29,36,55H,5-8,13-21H2,1-4H3,(H2,43,56)(H2,44,57)(H2,45,58)(H,46,59)(H,47,62)(H,48,61)(H,49,60)(H,50,66)(H,51,64)(H,52,63)(H,53,65)/t22-,25-,26-,27-,28-,29-,36-/m0/s1. The third-order valence-corrected chi connectivity index (χ3v) is 10.6. The largest absolute Gasteiger partial charge is 0.508 e. The highest BCUT2D eigenvalue weighted by Crippen LogP contribution is 2.14. The summed E-state index contributed by atoms with van der Waals surface area (Å²) in [5.74, 6) is -11.7. The Morgan fingerprint density at radius 3 is 2.01 bits per heavy atom. The number of nitrogens with one attached hydrogen (secondary N) is 8. The molecule has 0 radical (unpaired) electrons. The van der Waals surface area contributed by atoms with Crippen molar-refractivity contribution >= 4 is 70.9 Å². The lowest BCUT2D eigenvalue weighted by Gasteiger charge is -2.29. The fourth-order valence-electron chi connectivity index (χ4n) is 6.62. The fourth-order valence-corrected chi connectivity index (χ4v) is 6.62. The van der Waals surface area contributed by atoms with E-state index in [9.17, 15) is 62.6 Å². The molecular formula is C42H64N12O13. The number of nitrogens with zero attached hydrogens (tertiary/aromatic N) is 1. The summed E-state index contributed by atoms with van der Waals surface area (Å²) in [4.78, 5) is 158. The van der Waals surface area contributed by atoms with Crippen LogP contribution in [-0.4, -0.2) is 144 Å². The van der Waals surface area contributed by atoms with Gasteiger partial charge >= 0.3 is 0 Å². The van der Waals surface area contributed by atoms with E-state index in [0.29, 0.717) is 24.8 Å². The van der Waals surface area contributed by atoms with Gasteiger partial charge in [-0.3, -0.25) is 57.5 Å². The summed E-state index contributed by atoms with van der Waals surface area (Å²) in [5.41, 5.74) is 16.4. The zero-order valence-corrected chi connectivity index (χ0v) is 38.1. The van der Waals surface area contributed by atoms with Crippen molar-refractivity contribution in [3.63, 3.8) is 0 Å². The third kappa shape index (κ3) is 20.2. The first kappa shape index (κ1) is 55.8. The lowest BCUT2D eigenvalue weighted by Crippen LogP contribution is -2.61. The molecule has 0 spiro atoms. The number of rotatable bonds is 19. The minimum atomic E-state index is -1.83. The van der Waals surface area contributed by atoms with E-state index < -0.39 is 165 Å². The first-order valence-electron chi connectivity index (χ1n) is 21.8. The molecule has 2 rings (SSSR count). The Bertz CT molecular complexity index is 1980. The van der Waals surface area contributed by atoms with Gasteiger partial charge in [0.05, 0.1) is 26.1 Å². The van der Waals surface area contributed by atoms with Crippen molar-refractivity contribution in [1.82, 2.24) is 47.4 Å². The zero-order chi connectivity index (χ0) is 50.4. The molecule has 15 N–H and O–H groups in total. The molecule has 1 aromatic carbocycles. The van der Waals surface area contributed by atoms with Crippen molar-refractivity contribution < 1.29 is 62.6 Å². The monoisotopic (exact) mass is 944 g/mol. The van der Waals surface area contributed by atoms with Gasteiger partial charge < -0.3 is 69.7 Å². The molecule has 0 saturated carbocycles. The van der Waals surface area contributed by atoms with Crippen LogP contribution < -0.4 is 59.7 Å². The maximum absolute atomic E-state index is 14.0. The Morgan fingerprint density at radius 1 is 0.791 bits per heavy atom. The second kappa shape index (κ2) is 27.9. The zero-order valence-electron chi connectivity index (χ0n) is 38.1. The van der Waals surface area contributed by atoms with Crippen LogP contribution >= 0.6 is 0 Å². The lowest BCUT2D eigenvalue weighted by atomic mass is 9.96. The van der Waals surface area contributed by atoms with Crippen LogP contribution in [0, 0.1) is 5.92 Å². The van der Waals surface area contributed by atoms with Crippen molar-refractivity contribution in [2.45, 2.75) is 121 Å². The molecule has 67 heavy (non-hydrogen) atoms. The van der Waals surface area contributed by atoms with Crippen molar-refractivity contribution in [2.75, 3.05) is 26.7 Å². The summed E-state index contributed by atoms with van der Waals surface area (Å²) in [5, 5.41) is 29.3. The van der Waals surface area contributed by atoms with Crippen LogP contribution in [0.25, 0.3) is 0 Å². The molecular weight excluding hydrogens is 881 g/mol. The van der Waals surface area contributed by atoms with Crippen molar-refractivity contribution in [3.8, 4) is 5.75 Å². The summed E-state index contributed by atoms with van der Waals surface area (Å²) < 4.78 is 0. The van der Waals surface area contributed by atoms with Crippen LogP contribution in [0.2, 0.25) is 0 Å². The van der Waals surface area contributed by atoms with E-state index >= 15 is 0 Å². The summed E-state index contributed by atoms with van der Waals surface area (Å²) in [6.07, 6.45) is -1.29. The van der Waals surface area contributed by atoms with Gasteiger partial charge in [0.25, 0.3) is 0 Å². The Balaban J connectivity index is 2.58. The molecule has 0 unspecified atom stereocenters. The van der Waals surface area contributed by atoms with Gasteiger partial charge in [0.2, 0.25) is 70.9 Å². The third-order valence-electron chi connectivity index (χ3n) is 10.6. The lowest BCUT2D eigenvalue weighted by molar-refractivity contribution is -0.140. The molecule has 1 aliphatic rings. The van der Waals surface area contributed by atoms with Gasteiger partial charge in [-0.1, -0.05) is 52.2 Å². The minimum absolute atomic E-state index is 0.0715. The van der Waals surface area contributed by atoms with Crippen molar-refractivity contribution in [2.24, 2.45) is 23.1 Å². The molecule has 0 aromatic heterocycles. The Kier molecular flexibility index (Phi) is 23.2. The second-order valence-corrected chi connectivity index (χ2v) is 16.2. The number of unbranched alkanes of at least 4 members (excludes halogenated alkanes) is 1. The number of benzene rings is 1. The molecule has 370 valence electrons. The van der Waals surface area contributed by atoms with Gasteiger partial charge in [0.1, 0.15) is 42.0 Å². The van der Waals surface area contributed by atoms with Crippen molar-refractivity contribution in [3.05, 3.63) is 29.8 Å².